The molecule has 0 saturated carbocycles. The molecular weight excluding hydrogens is 384 g/mol. The maximum Gasteiger partial charge on any atom is 0.340 e. The summed E-state index contributed by atoms with van der Waals surface area (Å²) in [5.41, 5.74) is 3.32. The SMILES string of the molecule is CCn1c(C)cc(C(=O)OCC(=O)N[C@H](C)c2ccccc2Br)c1C. The van der Waals surface area contributed by atoms with Crippen LogP contribution >= 0.6 is 15.9 Å². The van der Waals surface area contributed by atoms with Crippen molar-refractivity contribution >= 4 is 27.8 Å². The summed E-state index contributed by atoms with van der Waals surface area (Å²) in [6, 6.07) is 9.28. The molecule has 2 aromatic rings. The predicted molar refractivity (Wildman–Crippen MR) is 101 cm³/mol. The van der Waals surface area contributed by atoms with Gasteiger partial charge in [0, 0.05) is 22.4 Å². The molecule has 1 heterocycles. The summed E-state index contributed by atoms with van der Waals surface area (Å²) >= 11 is 3.46. The molecule has 5 nitrogen and oxygen atoms in total. The van der Waals surface area contributed by atoms with Crippen LogP contribution in [0.3, 0.4) is 0 Å². The highest BCUT2D eigenvalue weighted by atomic mass is 79.9. The molecule has 1 amide bonds. The molecule has 0 fully saturated rings. The Morgan fingerprint density at radius 2 is 1.96 bits per heavy atom. The van der Waals surface area contributed by atoms with Gasteiger partial charge in [-0.1, -0.05) is 34.1 Å². The van der Waals surface area contributed by atoms with Crippen LogP contribution in [0.15, 0.2) is 34.8 Å². The molecule has 6 heteroatoms. The van der Waals surface area contributed by atoms with Crippen molar-refractivity contribution in [2.45, 2.75) is 40.3 Å². The molecule has 0 saturated heterocycles. The minimum absolute atomic E-state index is 0.188. The third-order valence-electron chi connectivity index (χ3n) is 4.19. The molecule has 0 radical (unpaired) electrons. The van der Waals surface area contributed by atoms with E-state index in [9.17, 15) is 9.59 Å². The molecule has 1 aromatic carbocycles. The van der Waals surface area contributed by atoms with Crippen molar-refractivity contribution in [2.75, 3.05) is 6.61 Å². The van der Waals surface area contributed by atoms with Crippen LogP contribution in [0.25, 0.3) is 0 Å². The molecule has 25 heavy (non-hydrogen) atoms. The first-order valence-electron chi connectivity index (χ1n) is 8.22. The number of rotatable bonds is 6. The molecule has 1 atom stereocenters. The number of aryl methyl sites for hydroxylation is 1. The van der Waals surface area contributed by atoms with Gasteiger partial charge < -0.3 is 14.6 Å². The lowest BCUT2D eigenvalue weighted by Gasteiger charge is -2.15. The number of amides is 1. The zero-order chi connectivity index (χ0) is 18.6. The Balaban J connectivity index is 1.94. The van der Waals surface area contributed by atoms with E-state index in [1.165, 1.54) is 0 Å². The van der Waals surface area contributed by atoms with E-state index < -0.39 is 5.97 Å². The van der Waals surface area contributed by atoms with Gasteiger partial charge in [0.05, 0.1) is 11.6 Å². The topological polar surface area (TPSA) is 60.3 Å². The van der Waals surface area contributed by atoms with E-state index in [0.717, 1.165) is 28.0 Å². The highest BCUT2D eigenvalue weighted by Crippen LogP contribution is 2.22. The Morgan fingerprint density at radius 3 is 2.56 bits per heavy atom. The number of nitrogens with zero attached hydrogens (tertiary/aromatic N) is 1. The van der Waals surface area contributed by atoms with E-state index in [4.69, 9.17) is 4.74 Å². The van der Waals surface area contributed by atoms with Crippen LogP contribution in [0.5, 0.6) is 0 Å². The van der Waals surface area contributed by atoms with E-state index in [1.807, 2.05) is 56.5 Å². The lowest BCUT2D eigenvalue weighted by molar-refractivity contribution is -0.124. The third kappa shape index (κ3) is 4.51. The van der Waals surface area contributed by atoms with Gasteiger partial charge in [-0.05, 0) is 45.4 Å². The van der Waals surface area contributed by atoms with Crippen LogP contribution in [0.2, 0.25) is 0 Å². The number of aromatic nitrogens is 1. The van der Waals surface area contributed by atoms with Crippen LogP contribution in [-0.2, 0) is 16.1 Å². The van der Waals surface area contributed by atoms with Gasteiger partial charge in [-0.2, -0.15) is 0 Å². The fraction of sp³-hybridized carbons (Fsp3) is 0.368. The monoisotopic (exact) mass is 406 g/mol. The number of carbonyl (C=O) groups excluding carboxylic acids is 2. The van der Waals surface area contributed by atoms with E-state index in [2.05, 4.69) is 21.2 Å². The number of esters is 1. The number of ether oxygens (including phenoxy) is 1. The van der Waals surface area contributed by atoms with E-state index >= 15 is 0 Å². The van der Waals surface area contributed by atoms with Gasteiger partial charge in [-0.25, -0.2) is 4.79 Å². The molecule has 0 spiro atoms. The van der Waals surface area contributed by atoms with Crippen molar-refractivity contribution in [1.29, 1.82) is 0 Å². The molecular formula is C19H23BrN2O3. The molecule has 0 aliphatic heterocycles. The highest BCUT2D eigenvalue weighted by molar-refractivity contribution is 9.10. The van der Waals surface area contributed by atoms with E-state index in [-0.39, 0.29) is 18.6 Å². The number of nitrogens with one attached hydrogen (secondary N) is 1. The van der Waals surface area contributed by atoms with Crippen LogP contribution in [0.4, 0.5) is 0 Å². The third-order valence-corrected chi connectivity index (χ3v) is 4.92. The van der Waals surface area contributed by atoms with Crippen molar-refractivity contribution in [1.82, 2.24) is 9.88 Å². The predicted octanol–water partition coefficient (Wildman–Crippen LogP) is 3.92. The summed E-state index contributed by atoms with van der Waals surface area (Å²) in [5, 5.41) is 2.83. The van der Waals surface area contributed by atoms with Gasteiger partial charge in [0.2, 0.25) is 0 Å². The van der Waals surface area contributed by atoms with Crippen LogP contribution < -0.4 is 5.32 Å². The summed E-state index contributed by atoms with van der Waals surface area (Å²) in [7, 11) is 0. The minimum Gasteiger partial charge on any atom is -0.452 e. The van der Waals surface area contributed by atoms with Gasteiger partial charge in [0.15, 0.2) is 6.61 Å². The van der Waals surface area contributed by atoms with Gasteiger partial charge in [-0.3, -0.25) is 4.79 Å². The van der Waals surface area contributed by atoms with Crippen LogP contribution in [-0.4, -0.2) is 23.1 Å². The second-order valence-corrected chi connectivity index (χ2v) is 6.77. The largest absolute Gasteiger partial charge is 0.452 e. The zero-order valence-electron chi connectivity index (χ0n) is 14.9. The molecule has 0 bridgehead atoms. The lowest BCUT2D eigenvalue weighted by Crippen LogP contribution is -2.31. The molecule has 0 unspecified atom stereocenters. The molecule has 134 valence electrons. The first-order chi connectivity index (χ1) is 11.8. The Hall–Kier alpha value is -2.08. The molecule has 1 aromatic heterocycles. The lowest BCUT2D eigenvalue weighted by atomic mass is 10.1. The fourth-order valence-corrected chi connectivity index (χ4v) is 3.52. The summed E-state index contributed by atoms with van der Waals surface area (Å²) in [4.78, 5) is 24.3. The molecule has 2 rings (SSSR count). The second kappa shape index (κ2) is 8.34. The Labute approximate surface area is 156 Å². The van der Waals surface area contributed by atoms with Crippen molar-refractivity contribution < 1.29 is 14.3 Å². The second-order valence-electron chi connectivity index (χ2n) is 5.92. The number of carbonyl (C=O) groups is 2. The standard InChI is InChI=1S/C19H23BrN2O3/c1-5-22-12(2)10-16(14(22)4)19(24)25-11-18(23)21-13(3)15-8-6-7-9-17(15)20/h6-10,13H,5,11H2,1-4H3,(H,21,23)/t13-/m1/s1. The van der Waals surface area contributed by atoms with Crippen LogP contribution in [0.1, 0.15) is 47.2 Å². The summed E-state index contributed by atoms with van der Waals surface area (Å²) in [6.45, 7) is 8.21. The van der Waals surface area contributed by atoms with Crippen molar-refractivity contribution in [3.63, 3.8) is 0 Å². The Kier molecular flexibility index (Phi) is 6.42. The zero-order valence-corrected chi connectivity index (χ0v) is 16.5. The Morgan fingerprint density at radius 1 is 1.28 bits per heavy atom. The Bertz CT molecular complexity index is 783. The average Bonchev–Trinajstić information content (AvgIpc) is 2.87. The van der Waals surface area contributed by atoms with Crippen LogP contribution in [0, 0.1) is 13.8 Å². The molecule has 0 aliphatic rings. The van der Waals surface area contributed by atoms with E-state index in [1.54, 1.807) is 6.07 Å². The average molecular weight is 407 g/mol. The van der Waals surface area contributed by atoms with Crippen molar-refractivity contribution in [3.8, 4) is 0 Å². The first kappa shape index (κ1) is 19.2. The van der Waals surface area contributed by atoms with Gasteiger partial charge in [0.25, 0.3) is 5.91 Å². The number of hydrogen-bond donors (Lipinski definition) is 1. The maximum atomic E-state index is 12.2. The quantitative estimate of drug-likeness (QED) is 0.739. The summed E-state index contributed by atoms with van der Waals surface area (Å²) in [6.07, 6.45) is 0. The first-order valence-corrected chi connectivity index (χ1v) is 9.02. The maximum absolute atomic E-state index is 12.2. The summed E-state index contributed by atoms with van der Waals surface area (Å²) < 4.78 is 8.13. The minimum atomic E-state index is -0.475. The smallest absolute Gasteiger partial charge is 0.340 e. The summed E-state index contributed by atoms with van der Waals surface area (Å²) in [5.74, 6) is -0.808. The van der Waals surface area contributed by atoms with Gasteiger partial charge >= 0.3 is 5.97 Å². The fourth-order valence-electron chi connectivity index (χ4n) is 2.89. The van der Waals surface area contributed by atoms with Gasteiger partial charge in [0.1, 0.15) is 0 Å². The number of benzene rings is 1. The van der Waals surface area contributed by atoms with Gasteiger partial charge in [-0.15, -0.1) is 0 Å². The molecule has 1 N–H and O–H groups in total. The molecule has 0 aliphatic carbocycles. The number of halogens is 1. The van der Waals surface area contributed by atoms with E-state index in [0.29, 0.717) is 5.56 Å². The highest BCUT2D eigenvalue weighted by Gasteiger charge is 2.18. The van der Waals surface area contributed by atoms with Crippen molar-refractivity contribution in [2.24, 2.45) is 0 Å². The normalized spacial score (nSPS) is 11.9. The number of hydrogen-bond acceptors (Lipinski definition) is 3. The van der Waals surface area contributed by atoms with Crippen molar-refractivity contribution in [3.05, 3.63) is 57.3 Å².